The molecule has 0 saturated heterocycles. The van der Waals surface area contributed by atoms with Gasteiger partial charge in [0.05, 0.1) is 18.6 Å². The van der Waals surface area contributed by atoms with Gasteiger partial charge in [0.2, 0.25) is 0 Å². The van der Waals surface area contributed by atoms with Gasteiger partial charge in [-0.15, -0.1) is 0 Å². The Morgan fingerprint density at radius 2 is 1.91 bits per heavy atom. The maximum Gasteiger partial charge on any atom is 0.331 e. The Morgan fingerprint density at radius 3 is 2.56 bits per heavy atom. The Balaban J connectivity index is 1.69. The summed E-state index contributed by atoms with van der Waals surface area (Å²) in [5.74, 6) is -0.450. The van der Waals surface area contributed by atoms with Crippen LogP contribution in [0.2, 0.25) is 0 Å². The molecule has 2 saturated carbocycles. The summed E-state index contributed by atoms with van der Waals surface area (Å²) < 4.78 is 17.3. The highest BCUT2D eigenvalue weighted by Gasteiger charge is 2.68. The van der Waals surface area contributed by atoms with Crippen LogP contribution in [0.1, 0.15) is 72.5 Å². The maximum absolute atomic E-state index is 12.9. The minimum Gasteiger partial charge on any atom is -0.472 e. The van der Waals surface area contributed by atoms with Gasteiger partial charge in [0.1, 0.15) is 12.2 Å². The van der Waals surface area contributed by atoms with Crippen molar-refractivity contribution in [1.29, 1.82) is 0 Å². The molecule has 1 aromatic heterocycles. The van der Waals surface area contributed by atoms with Crippen molar-refractivity contribution < 1.29 is 28.6 Å². The number of furan rings is 1. The average molecular weight is 469 g/mol. The van der Waals surface area contributed by atoms with Gasteiger partial charge in [0.25, 0.3) is 0 Å². The highest BCUT2D eigenvalue weighted by molar-refractivity contribution is 5.85. The van der Waals surface area contributed by atoms with Crippen LogP contribution in [0.4, 0.5) is 0 Å². The van der Waals surface area contributed by atoms with Crippen LogP contribution in [-0.2, 0) is 19.1 Å². The third-order valence-corrected chi connectivity index (χ3v) is 10.0. The lowest BCUT2D eigenvalue weighted by atomic mass is 9.38. The van der Waals surface area contributed by atoms with Crippen LogP contribution < -0.4 is 0 Å². The Bertz CT molecular complexity index is 1070. The lowest BCUT2D eigenvalue weighted by molar-refractivity contribution is -0.201. The molecule has 184 valence electrons. The van der Waals surface area contributed by atoms with E-state index in [1.807, 2.05) is 12.1 Å². The number of rotatable bonds is 2. The Labute approximate surface area is 201 Å². The normalized spacial score (nSPS) is 44.7. The number of esters is 2. The molecule has 1 aliphatic heterocycles. The molecule has 1 N–H and O–H groups in total. The smallest absolute Gasteiger partial charge is 0.331 e. The van der Waals surface area contributed by atoms with Crippen molar-refractivity contribution in [3.05, 3.63) is 48.0 Å². The van der Waals surface area contributed by atoms with Gasteiger partial charge in [-0.2, -0.15) is 0 Å². The maximum atomic E-state index is 12.9. The molecular formula is C28H36O6. The summed E-state index contributed by atoms with van der Waals surface area (Å²) in [5.41, 5.74) is 0.245. The molecule has 34 heavy (non-hydrogen) atoms. The fourth-order valence-electron chi connectivity index (χ4n) is 8.30. The highest BCUT2D eigenvalue weighted by Crippen LogP contribution is 2.72. The first-order valence-corrected chi connectivity index (χ1v) is 12.3. The molecule has 3 aliphatic carbocycles. The van der Waals surface area contributed by atoms with E-state index in [0.717, 1.165) is 24.0 Å². The van der Waals surface area contributed by atoms with Crippen LogP contribution in [0, 0.1) is 33.5 Å². The number of ether oxygens (including phenoxy) is 2. The molecule has 2 heterocycles. The topological polar surface area (TPSA) is 86.0 Å². The van der Waals surface area contributed by atoms with Crippen LogP contribution in [0.25, 0.3) is 0 Å². The number of hydrogen-bond acceptors (Lipinski definition) is 6. The molecule has 5 rings (SSSR count). The van der Waals surface area contributed by atoms with E-state index in [1.165, 1.54) is 6.92 Å². The van der Waals surface area contributed by atoms with Gasteiger partial charge in [-0.3, -0.25) is 4.79 Å². The van der Waals surface area contributed by atoms with Gasteiger partial charge in [-0.05, 0) is 53.6 Å². The number of allylic oxidation sites excluding steroid dienone is 1. The molecule has 2 fully saturated rings. The van der Waals surface area contributed by atoms with Crippen molar-refractivity contribution in [1.82, 2.24) is 0 Å². The van der Waals surface area contributed by atoms with Gasteiger partial charge < -0.3 is 19.0 Å². The van der Waals surface area contributed by atoms with Crippen molar-refractivity contribution in [3.8, 4) is 0 Å². The van der Waals surface area contributed by atoms with Crippen LogP contribution in [0.15, 0.2) is 46.8 Å². The Hall–Kier alpha value is -2.34. The van der Waals surface area contributed by atoms with Crippen LogP contribution in [0.5, 0.6) is 0 Å². The number of cyclic esters (lactones) is 1. The number of aliphatic hydroxyl groups excluding tert-OH is 1. The van der Waals surface area contributed by atoms with E-state index in [-0.39, 0.29) is 34.6 Å². The molecule has 0 bridgehead atoms. The summed E-state index contributed by atoms with van der Waals surface area (Å²) in [6.07, 6.45) is 9.95. The lowest BCUT2D eigenvalue weighted by Gasteiger charge is -2.68. The van der Waals surface area contributed by atoms with Crippen molar-refractivity contribution in [2.45, 2.75) is 79.1 Å². The Morgan fingerprint density at radius 1 is 1.18 bits per heavy atom. The van der Waals surface area contributed by atoms with Crippen molar-refractivity contribution in [2.75, 3.05) is 0 Å². The fourth-order valence-corrected chi connectivity index (χ4v) is 8.30. The molecule has 0 unspecified atom stereocenters. The van der Waals surface area contributed by atoms with Crippen LogP contribution in [0.3, 0.4) is 0 Å². The minimum atomic E-state index is -0.561. The summed E-state index contributed by atoms with van der Waals surface area (Å²) >= 11 is 0. The van der Waals surface area contributed by atoms with Gasteiger partial charge in [-0.1, -0.05) is 46.8 Å². The quantitative estimate of drug-likeness (QED) is 0.478. The number of carbonyl (C=O) groups excluding carboxylic acids is 2. The van der Waals surface area contributed by atoms with E-state index >= 15 is 0 Å². The SMILES string of the molecule is CC(=O)O[C@H]1C[C@H]2C(C)(C)[C@H](O)C=C[C@]2(C)[C@@H]2CC[C@]3(C)C(=CC(=O)O[C@H]3c3ccoc3)[C@]12C. The van der Waals surface area contributed by atoms with E-state index in [0.29, 0.717) is 6.42 Å². The van der Waals surface area contributed by atoms with Crippen molar-refractivity contribution in [2.24, 2.45) is 33.5 Å². The molecule has 0 amide bonds. The highest BCUT2D eigenvalue weighted by atomic mass is 16.6. The number of carbonyl (C=O) groups is 2. The molecule has 0 aromatic carbocycles. The molecule has 8 atom stereocenters. The molecular weight excluding hydrogens is 432 g/mol. The first kappa shape index (κ1) is 23.4. The zero-order valence-corrected chi connectivity index (χ0v) is 21.0. The largest absolute Gasteiger partial charge is 0.472 e. The number of hydrogen-bond donors (Lipinski definition) is 1. The standard InChI is InChI=1S/C28H36O6/c1-16(29)33-22-13-19-25(2,3)21(30)8-11-26(19,4)18-7-10-27(5)20(28(18,22)6)14-23(31)34-24(27)17-9-12-32-15-17/h8-9,11-12,14-15,18-19,21-22,24,30H,7,10,13H2,1-6H3/t18-,19-,21+,22-,24-,26+,27+,28+/m0/s1. The van der Waals surface area contributed by atoms with E-state index in [1.54, 1.807) is 18.6 Å². The van der Waals surface area contributed by atoms with Crippen LogP contribution >= 0.6 is 0 Å². The first-order chi connectivity index (χ1) is 15.8. The predicted molar refractivity (Wildman–Crippen MR) is 125 cm³/mol. The van der Waals surface area contributed by atoms with Crippen molar-refractivity contribution in [3.63, 3.8) is 0 Å². The van der Waals surface area contributed by atoms with Crippen LogP contribution in [-0.4, -0.2) is 29.3 Å². The average Bonchev–Trinajstić information content (AvgIpc) is 3.28. The molecule has 6 nitrogen and oxygen atoms in total. The molecule has 6 heteroatoms. The summed E-state index contributed by atoms with van der Waals surface area (Å²) in [6, 6.07) is 1.86. The molecule has 0 radical (unpaired) electrons. The van der Waals surface area contributed by atoms with Gasteiger partial charge in [-0.25, -0.2) is 4.79 Å². The monoisotopic (exact) mass is 468 g/mol. The summed E-state index contributed by atoms with van der Waals surface area (Å²) in [6.45, 7) is 12.3. The second-order valence-electron chi connectivity index (χ2n) is 12.1. The third kappa shape index (κ3) is 2.96. The van der Waals surface area contributed by atoms with E-state index in [2.05, 4.69) is 40.7 Å². The number of aliphatic hydroxyl groups is 1. The molecule has 0 spiro atoms. The lowest BCUT2D eigenvalue weighted by Crippen LogP contribution is -2.65. The van der Waals surface area contributed by atoms with Gasteiger partial charge in [0, 0.05) is 29.4 Å². The molecule has 4 aliphatic rings. The fraction of sp³-hybridized carbons (Fsp3) is 0.643. The second-order valence-corrected chi connectivity index (χ2v) is 12.1. The third-order valence-electron chi connectivity index (χ3n) is 10.0. The van der Waals surface area contributed by atoms with Gasteiger partial charge >= 0.3 is 11.9 Å². The van der Waals surface area contributed by atoms with E-state index in [9.17, 15) is 14.7 Å². The number of fused-ring (bicyclic) bond motifs is 5. The second kappa shape index (κ2) is 7.33. The van der Waals surface area contributed by atoms with Gasteiger partial charge in [0.15, 0.2) is 0 Å². The predicted octanol–water partition coefficient (Wildman–Crippen LogP) is 5.14. The summed E-state index contributed by atoms with van der Waals surface area (Å²) in [4.78, 5) is 25.3. The summed E-state index contributed by atoms with van der Waals surface area (Å²) in [7, 11) is 0. The Kier molecular flexibility index (Phi) is 5.05. The first-order valence-electron chi connectivity index (χ1n) is 12.3. The molecule has 1 aromatic rings. The zero-order valence-electron chi connectivity index (χ0n) is 21.0. The minimum absolute atomic E-state index is 0.118. The van der Waals surface area contributed by atoms with Crippen molar-refractivity contribution >= 4 is 11.9 Å². The van der Waals surface area contributed by atoms with E-state index in [4.69, 9.17) is 13.9 Å². The zero-order chi connectivity index (χ0) is 24.7. The summed E-state index contributed by atoms with van der Waals surface area (Å²) in [5, 5.41) is 10.8. The van der Waals surface area contributed by atoms with E-state index < -0.39 is 29.1 Å².